The number of hydrogen-bond acceptors (Lipinski definition) is 4. The van der Waals surface area contributed by atoms with Crippen LogP contribution in [0.3, 0.4) is 0 Å². The van der Waals surface area contributed by atoms with Gasteiger partial charge in [0.1, 0.15) is 18.8 Å². The molecule has 2 heterocycles. The standard InChI is InChI=1S/C10H16O4/c1-9(2)7-6(5-12-8(9)11)13-10(3,4)14-7/h6-7H,5H2,1-4H3/t6-,7?/m1/s1. The second-order valence-electron chi connectivity index (χ2n) is 4.91. The van der Waals surface area contributed by atoms with E-state index >= 15 is 0 Å². The van der Waals surface area contributed by atoms with Gasteiger partial charge in [-0.15, -0.1) is 0 Å². The summed E-state index contributed by atoms with van der Waals surface area (Å²) in [5.41, 5.74) is -0.614. The number of cyclic esters (lactones) is 1. The number of fused-ring (bicyclic) bond motifs is 1. The van der Waals surface area contributed by atoms with Crippen LogP contribution in [-0.4, -0.2) is 30.6 Å². The summed E-state index contributed by atoms with van der Waals surface area (Å²) in [5, 5.41) is 0. The van der Waals surface area contributed by atoms with Gasteiger partial charge in [0.05, 0.1) is 5.41 Å². The first-order chi connectivity index (χ1) is 6.33. The van der Waals surface area contributed by atoms with Gasteiger partial charge in [-0.05, 0) is 27.7 Å². The zero-order chi connectivity index (χ0) is 10.6. The van der Waals surface area contributed by atoms with Crippen LogP contribution in [0.1, 0.15) is 27.7 Å². The van der Waals surface area contributed by atoms with E-state index in [1.807, 2.05) is 27.7 Å². The van der Waals surface area contributed by atoms with Crippen LogP contribution in [0.15, 0.2) is 0 Å². The average molecular weight is 200 g/mol. The summed E-state index contributed by atoms with van der Waals surface area (Å²) in [6.45, 7) is 7.67. The van der Waals surface area contributed by atoms with Crippen LogP contribution in [0.25, 0.3) is 0 Å². The molecule has 0 amide bonds. The van der Waals surface area contributed by atoms with Crippen molar-refractivity contribution in [1.82, 2.24) is 0 Å². The van der Waals surface area contributed by atoms with E-state index in [-0.39, 0.29) is 18.2 Å². The highest BCUT2D eigenvalue weighted by Crippen LogP contribution is 2.41. The number of hydrogen-bond donors (Lipinski definition) is 0. The molecule has 2 atom stereocenters. The maximum Gasteiger partial charge on any atom is 0.314 e. The number of carbonyl (C=O) groups is 1. The lowest BCUT2D eigenvalue weighted by atomic mass is 9.82. The summed E-state index contributed by atoms with van der Waals surface area (Å²) in [6, 6.07) is 0. The first-order valence-electron chi connectivity index (χ1n) is 4.86. The van der Waals surface area contributed by atoms with Crippen molar-refractivity contribution in [2.75, 3.05) is 6.61 Å². The lowest BCUT2D eigenvalue weighted by Crippen LogP contribution is -2.51. The number of rotatable bonds is 0. The molecule has 2 rings (SSSR count). The maximum atomic E-state index is 11.5. The largest absolute Gasteiger partial charge is 0.462 e. The third-order valence-corrected chi connectivity index (χ3v) is 2.80. The van der Waals surface area contributed by atoms with Crippen molar-refractivity contribution in [2.24, 2.45) is 5.41 Å². The minimum atomic E-state index is -0.614. The van der Waals surface area contributed by atoms with Crippen molar-refractivity contribution in [2.45, 2.75) is 45.7 Å². The summed E-state index contributed by atoms with van der Waals surface area (Å²) in [5.74, 6) is -0.819. The molecule has 0 N–H and O–H groups in total. The highest BCUT2D eigenvalue weighted by molar-refractivity contribution is 5.77. The summed E-state index contributed by atoms with van der Waals surface area (Å²) in [4.78, 5) is 11.5. The monoisotopic (exact) mass is 200 g/mol. The van der Waals surface area contributed by atoms with Gasteiger partial charge in [0.15, 0.2) is 5.79 Å². The van der Waals surface area contributed by atoms with E-state index in [2.05, 4.69) is 0 Å². The molecule has 0 aromatic heterocycles. The van der Waals surface area contributed by atoms with Crippen LogP contribution < -0.4 is 0 Å². The van der Waals surface area contributed by atoms with Gasteiger partial charge in [0, 0.05) is 0 Å². The Morgan fingerprint density at radius 2 is 1.86 bits per heavy atom. The summed E-state index contributed by atoms with van der Waals surface area (Å²) >= 11 is 0. The van der Waals surface area contributed by atoms with E-state index in [0.29, 0.717) is 6.61 Å². The van der Waals surface area contributed by atoms with Crippen molar-refractivity contribution < 1.29 is 19.0 Å². The molecule has 80 valence electrons. The zero-order valence-electron chi connectivity index (χ0n) is 8.99. The SMILES string of the molecule is CC1(C)OC2[C@@H](COC(=O)C2(C)C)O1. The lowest BCUT2D eigenvalue weighted by Gasteiger charge is -2.35. The van der Waals surface area contributed by atoms with Gasteiger partial charge in [-0.3, -0.25) is 4.79 Å². The second kappa shape index (κ2) is 2.70. The second-order valence-corrected chi connectivity index (χ2v) is 4.91. The number of carbonyl (C=O) groups excluding carboxylic acids is 1. The first kappa shape index (κ1) is 9.93. The molecule has 2 aliphatic rings. The molecule has 2 fully saturated rings. The molecule has 2 saturated heterocycles. The maximum absolute atomic E-state index is 11.5. The Labute approximate surface area is 83.5 Å². The lowest BCUT2D eigenvalue weighted by molar-refractivity contribution is -0.176. The fourth-order valence-corrected chi connectivity index (χ4v) is 2.03. The molecule has 0 aromatic rings. The Balaban J connectivity index is 2.25. The van der Waals surface area contributed by atoms with Crippen molar-refractivity contribution >= 4 is 5.97 Å². The Morgan fingerprint density at radius 1 is 1.21 bits per heavy atom. The Morgan fingerprint density at radius 3 is 2.50 bits per heavy atom. The predicted octanol–water partition coefficient (Wildman–Crippen LogP) is 1.09. The van der Waals surface area contributed by atoms with E-state index in [1.54, 1.807) is 0 Å². The first-order valence-corrected chi connectivity index (χ1v) is 4.86. The molecule has 2 aliphatic heterocycles. The minimum absolute atomic E-state index is 0.127. The van der Waals surface area contributed by atoms with Crippen molar-refractivity contribution in [1.29, 1.82) is 0 Å². The summed E-state index contributed by atoms with van der Waals surface area (Å²) in [7, 11) is 0. The molecule has 0 radical (unpaired) electrons. The molecule has 4 nitrogen and oxygen atoms in total. The summed E-state index contributed by atoms with van der Waals surface area (Å²) < 4.78 is 16.4. The molecular weight excluding hydrogens is 184 g/mol. The van der Waals surface area contributed by atoms with E-state index < -0.39 is 11.2 Å². The Hall–Kier alpha value is -0.610. The Kier molecular flexibility index (Phi) is 1.92. The van der Waals surface area contributed by atoms with Gasteiger partial charge in [-0.25, -0.2) is 0 Å². The van der Waals surface area contributed by atoms with Crippen LogP contribution in [0.4, 0.5) is 0 Å². The smallest absolute Gasteiger partial charge is 0.314 e. The predicted molar refractivity (Wildman–Crippen MR) is 48.6 cm³/mol. The van der Waals surface area contributed by atoms with Crippen molar-refractivity contribution in [3.8, 4) is 0 Å². The fraction of sp³-hybridized carbons (Fsp3) is 0.900. The fourth-order valence-electron chi connectivity index (χ4n) is 2.03. The topological polar surface area (TPSA) is 44.8 Å². The van der Waals surface area contributed by atoms with Crippen LogP contribution in [0.5, 0.6) is 0 Å². The molecule has 1 unspecified atom stereocenters. The third-order valence-electron chi connectivity index (χ3n) is 2.80. The average Bonchev–Trinajstić information content (AvgIpc) is 2.35. The highest BCUT2D eigenvalue weighted by Gasteiger charge is 2.55. The van der Waals surface area contributed by atoms with Crippen LogP contribution >= 0.6 is 0 Å². The quantitative estimate of drug-likeness (QED) is 0.549. The van der Waals surface area contributed by atoms with Gasteiger partial charge in [0.2, 0.25) is 0 Å². The van der Waals surface area contributed by atoms with Gasteiger partial charge < -0.3 is 14.2 Å². The van der Waals surface area contributed by atoms with E-state index in [1.165, 1.54) is 0 Å². The van der Waals surface area contributed by atoms with Gasteiger partial charge in [-0.2, -0.15) is 0 Å². The molecular formula is C10H16O4. The normalized spacial score (nSPS) is 39.0. The van der Waals surface area contributed by atoms with E-state index in [0.717, 1.165) is 0 Å². The van der Waals surface area contributed by atoms with Crippen LogP contribution in [0.2, 0.25) is 0 Å². The van der Waals surface area contributed by atoms with Crippen molar-refractivity contribution in [3.63, 3.8) is 0 Å². The molecule has 4 heteroatoms. The van der Waals surface area contributed by atoms with Crippen LogP contribution in [0, 0.1) is 5.41 Å². The number of esters is 1. The molecule has 0 aromatic carbocycles. The van der Waals surface area contributed by atoms with Gasteiger partial charge in [0.25, 0.3) is 0 Å². The van der Waals surface area contributed by atoms with E-state index in [9.17, 15) is 4.79 Å². The van der Waals surface area contributed by atoms with Gasteiger partial charge in [-0.1, -0.05) is 0 Å². The number of ether oxygens (including phenoxy) is 3. The molecule has 0 saturated carbocycles. The molecule has 14 heavy (non-hydrogen) atoms. The van der Waals surface area contributed by atoms with E-state index in [4.69, 9.17) is 14.2 Å². The molecule has 0 spiro atoms. The van der Waals surface area contributed by atoms with Gasteiger partial charge >= 0.3 is 5.97 Å². The summed E-state index contributed by atoms with van der Waals surface area (Å²) in [6.07, 6.45) is -0.323. The molecule has 0 aliphatic carbocycles. The minimum Gasteiger partial charge on any atom is -0.462 e. The molecule has 0 bridgehead atoms. The van der Waals surface area contributed by atoms with Crippen molar-refractivity contribution in [3.05, 3.63) is 0 Å². The van der Waals surface area contributed by atoms with Crippen LogP contribution in [-0.2, 0) is 19.0 Å². The zero-order valence-corrected chi connectivity index (χ0v) is 8.99. The highest BCUT2D eigenvalue weighted by atomic mass is 16.8. The third kappa shape index (κ3) is 1.33. The Bertz CT molecular complexity index is 269.